The molecule has 0 N–H and O–H groups in total. The Balaban J connectivity index is 3.33. The highest BCUT2D eigenvalue weighted by Crippen LogP contribution is 2.31. The molecule has 0 radical (unpaired) electrons. The van der Waals surface area contributed by atoms with Gasteiger partial charge in [-0.25, -0.2) is 0 Å². The third-order valence-corrected chi connectivity index (χ3v) is 2.53. The number of aryl methyl sites for hydroxylation is 1. The van der Waals surface area contributed by atoms with E-state index in [1.54, 1.807) is 11.6 Å². The third-order valence-electron chi connectivity index (χ3n) is 2.53. The fourth-order valence-corrected chi connectivity index (χ4v) is 1.90. The van der Waals surface area contributed by atoms with Crippen molar-refractivity contribution in [2.75, 3.05) is 0 Å². The fraction of sp³-hybridized carbons (Fsp3) is 0.600. The van der Waals surface area contributed by atoms with E-state index in [2.05, 4.69) is 4.98 Å². The first kappa shape index (κ1) is 12.4. The molecule has 0 aromatic carbocycles. The minimum absolute atomic E-state index is 0.00611. The smallest absolute Gasteiger partial charge is 0.358 e. The Hall–Kier alpha value is -1.72. The van der Waals surface area contributed by atoms with Crippen LogP contribution in [-0.2, 0) is 11.8 Å². The summed E-state index contributed by atoms with van der Waals surface area (Å²) < 4.78 is 1.55. The largest absolute Gasteiger partial charge is 0.385 e. The quantitative estimate of drug-likeness (QED) is 0.576. The Morgan fingerprint density at radius 1 is 1.56 bits per heavy atom. The second-order valence-corrected chi connectivity index (χ2v) is 4.15. The first-order valence-electron chi connectivity index (χ1n) is 5.02. The van der Waals surface area contributed by atoms with E-state index in [1.165, 1.54) is 13.3 Å². The van der Waals surface area contributed by atoms with Crippen LogP contribution in [0.5, 0.6) is 0 Å². The molecule has 0 fully saturated rings. The molecule has 16 heavy (non-hydrogen) atoms. The average Bonchev–Trinajstić information content (AvgIpc) is 2.47. The number of aromatic nitrogens is 2. The number of ketones is 1. The van der Waals surface area contributed by atoms with Crippen LogP contribution in [0.4, 0.5) is 5.82 Å². The van der Waals surface area contributed by atoms with E-state index in [9.17, 15) is 14.9 Å². The maximum absolute atomic E-state index is 11.5. The van der Waals surface area contributed by atoms with Gasteiger partial charge in [0, 0.05) is 7.05 Å². The number of rotatable bonds is 4. The molecular formula is C10H15N3O3. The van der Waals surface area contributed by atoms with Crippen molar-refractivity contribution < 1.29 is 9.72 Å². The van der Waals surface area contributed by atoms with Crippen LogP contribution in [0.2, 0.25) is 0 Å². The summed E-state index contributed by atoms with van der Waals surface area (Å²) >= 11 is 0. The third kappa shape index (κ3) is 2.10. The molecule has 1 heterocycles. The molecule has 1 atom stereocenters. The summed E-state index contributed by atoms with van der Waals surface area (Å²) in [5.74, 6) is -0.780. The summed E-state index contributed by atoms with van der Waals surface area (Å²) in [7, 11) is 1.66. The topological polar surface area (TPSA) is 78.0 Å². The first-order chi connectivity index (χ1) is 7.36. The number of Topliss-reactive ketones (excluding diaryl/α,β-unsaturated/α-hetero) is 1. The van der Waals surface area contributed by atoms with E-state index in [1.807, 2.05) is 13.8 Å². The van der Waals surface area contributed by atoms with Gasteiger partial charge >= 0.3 is 5.82 Å². The summed E-state index contributed by atoms with van der Waals surface area (Å²) in [5.41, 5.74) is 0.382. The number of nitrogens with zero attached hydrogens (tertiary/aromatic N) is 3. The van der Waals surface area contributed by atoms with Gasteiger partial charge in [0.05, 0.1) is 5.92 Å². The Bertz CT molecular complexity index is 423. The van der Waals surface area contributed by atoms with E-state index in [0.717, 1.165) is 0 Å². The van der Waals surface area contributed by atoms with Crippen LogP contribution in [-0.4, -0.2) is 20.3 Å². The molecule has 1 aromatic rings. The van der Waals surface area contributed by atoms with Crippen molar-refractivity contribution >= 4 is 11.6 Å². The molecule has 0 saturated heterocycles. The van der Waals surface area contributed by atoms with Gasteiger partial charge in [-0.1, -0.05) is 13.8 Å². The predicted octanol–water partition coefficient (Wildman–Crippen LogP) is 1.66. The van der Waals surface area contributed by atoms with Crippen molar-refractivity contribution in [3.8, 4) is 0 Å². The van der Waals surface area contributed by atoms with Gasteiger partial charge in [0.1, 0.15) is 11.5 Å². The second kappa shape index (κ2) is 4.42. The second-order valence-electron chi connectivity index (χ2n) is 4.15. The lowest BCUT2D eigenvalue weighted by Crippen LogP contribution is -2.19. The van der Waals surface area contributed by atoms with Crippen LogP contribution in [0.25, 0.3) is 0 Å². The van der Waals surface area contributed by atoms with Gasteiger partial charge < -0.3 is 14.7 Å². The van der Waals surface area contributed by atoms with Crippen LogP contribution in [0.3, 0.4) is 0 Å². The highest BCUT2D eigenvalue weighted by molar-refractivity contribution is 5.84. The van der Waals surface area contributed by atoms with Gasteiger partial charge in [-0.15, -0.1) is 0 Å². The molecule has 0 aliphatic carbocycles. The first-order valence-corrected chi connectivity index (χ1v) is 5.02. The summed E-state index contributed by atoms with van der Waals surface area (Å²) in [6.45, 7) is 5.17. The lowest BCUT2D eigenvalue weighted by Gasteiger charge is -2.17. The number of hydrogen-bond acceptors (Lipinski definition) is 4. The molecule has 6 heteroatoms. The van der Waals surface area contributed by atoms with Crippen LogP contribution >= 0.6 is 0 Å². The van der Waals surface area contributed by atoms with Gasteiger partial charge in [0.2, 0.25) is 6.33 Å². The summed E-state index contributed by atoms with van der Waals surface area (Å²) in [4.78, 5) is 25.5. The molecule has 0 amide bonds. The Kier molecular flexibility index (Phi) is 3.41. The lowest BCUT2D eigenvalue weighted by molar-refractivity contribution is -0.390. The Labute approximate surface area is 93.4 Å². The SMILES string of the molecule is CC(=O)C(c1c([N+](=O)[O-])ncn1C)C(C)C. The van der Waals surface area contributed by atoms with Crippen molar-refractivity contribution in [3.05, 3.63) is 22.1 Å². The molecule has 0 spiro atoms. The molecule has 0 bridgehead atoms. The van der Waals surface area contributed by atoms with E-state index in [4.69, 9.17) is 0 Å². The molecule has 1 rings (SSSR count). The number of hydrogen-bond donors (Lipinski definition) is 0. The Morgan fingerprint density at radius 3 is 2.50 bits per heavy atom. The van der Waals surface area contributed by atoms with Crippen LogP contribution < -0.4 is 0 Å². The normalized spacial score (nSPS) is 12.8. The number of carbonyl (C=O) groups excluding carboxylic acids is 1. The molecule has 88 valence electrons. The fourth-order valence-electron chi connectivity index (χ4n) is 1.90. The molecule has 0 saturated carbocycles. The van der Waals surface area contributed by atoms with Crippen LogP contribution in [0.15, 0.2) is 6.33 Å². The van der Waals surface area contributed by atoms with Crippen molar-refractivity contribution in [1.29, 1.82) is 0 Å². The van der Waals surface area contributed by atoms with Crippen LogP contribution in [0, 0.1) is 16.0 Å². The predicted molar refractivity (Wildman–Crippen MR) is 58.1 cm³/mol. The highest BCUT2D eigenvalue weighted by Gasteiger charge is 2.32. The van der Waals surface area contributed by atoms with Gasteiger partial charge in [0.25, 0.3) is 0 Å². The molecule has 1 aromatic heterocycles. The van der Waals surface area contributed by atoms with Gasteiger partial charge in [-0.3, -0.25) is 4.79 Å². The van der Waals surface area contributed by atoms with Crippen molar-refractivity contribution in [1.82, 2.24) is 9.55 Å². The lowest BCUT2D eigenvalue weighted by atomic mass is 9.89. The van der Waals surface area contributed by atoms with E-state index in [-0.39, 0.29) is 17.5 Å². The zero-order chi connectivity index (χ0) is 12.5. The Morgan fingerprint density at radius 2 is 2.12 bits per heavy atom. The van der Waals surface area contributed by atoms with Gasteiger partial charge in [-0.05, 0) is 22.7 Å². The van der Waals surface area contributed by atoms with Gasteiger partial charge in [-0.2, -0.15) is 0 Å². The summed E-state index contributed by atoms with van der Waals surface area (Å²) in [6, 6.07) is 0. The zero-order valence-corrected chi connectivity index (χ0v) is 9.80. The summed E-state index contributed by atoms with van der Waals surface area (Å²) in [6.07, 6.45) is 1.37. The summed E-state index contributed by atoms with van der Waals surface area (Å²) in [5, 5.41) is 10.8. The van der Waals surface area contributed by atoms with Crippen molar-refractivity contribution in [2.45, 2.75) is 26.7 Å². The molecular weight excluding hydrogens is 210 g/mol. The van der Waals surface area contributed by atoms with Crippen molar-refractivity contribution in [2.24, 2.45) is 13.0 Å². The van der Waals surface area contributed by atoms with E-state index >= 15 is 0 Å². The highest BCUT2D eigenvalue weighted by atomic mass is 16.6. The molecule has 1 unspecified atom stereocenters. The minimum Gasteiger partial charge on any atom is -0.358 e. The van der Waals surface area contributed by atoms with E-state index in [0.29, 0.717) is 5.69 Å². The standard InChI is InChI=1S/C10H15N3O3/c1-6(2)8(7(3)14)9-10(13(15)16)11-5-12(9)4/h5-6,8H,1-4H3. The van der Waals surface area contributed by atoms with Crippen LogP contribution in [0.1, 0.15) is 32.4 Å². The van der Waals surface area contributed by atoms with Gasteiger partial charge in [0.15, 0.2) is 0 Å². The monoisotopic (exact) mass is 225 g/mol. The minimum atomic E-state index is -0.548. The maximum Gasteiger partial charge on any atom is 0.385 e. The molecule has 0 aliphatic rings. The zero-order valence-electron chi connectivity index (χ0n) is 9.80. The van der Waals surface area contributed by atoms with Crippen molar-refractivity contribution in [3.63, 3.8) is 0 Å². The maximum atomic E-state index is 11.5. The van der Waals surface area contributed by atoms with E-state index < -0.39 is 10.8 Å². The average molecular weight is 225 g/mol. The number of imidazole rings is 1. The number of carbonyl (C=O) groups is 1. The molecule has 6 nitrogen and oxygen atoms in total. The number of nitro groups is 1. The molecule has 0 aliphatic heterocycles.